The van der Waals surface area contributed by atoms with Crippen molar-refractivity contribution in [1.82, 2.24) is 15.2 Å². The van der Waals surface area contributed by atoms with Crippen LogP contribution in [0.1, 0.15) is 29.8 Å². The van der Waals surface area contributed by atoms with E-state index in [9.17, 15) is 4.79 Å². The minimum absolute atomic E-state index is 0.0552. The maximum absolute atomic E-state index is 12.3. The van der Waals surface area contributed by atoms with Crippen LogP contribution in [0.5, 0.6) is 0 Å². The van der Waals surface area contributed by atoms with Crippen molar-refractivity contribution in [3.8, 4) is 0 Å². The van der Waals surface area contributed by atoms with Crippen molar-refractivity contribution < 1.29 is 4.79 Å². The Morgan fingerprint density at radius 1 is 1.47 bits per heavy atom. The monoisotopic (exact) mass is 325 g/mol. The standard InChI is InChI=1S/C14H20BrN3O/c1-16-7-4-11-5-8-18(9-6-11)14(19)13-3-2-12(15)10-17-13/h2-3,10-11,16H,4-9H2,1H3. The molecule has 0 unspecified atom stereocenters. The van der Waals surface area contributed by atoms with Gasteiger partial charge in [0.15, 0.2) is 0 Å². The number of hydrogen-bond acceptors (Lipinski definition) is 3. The molecule has 0 saturated carbocycles. The number of halogens is 1. The van der Waals surface area contributed by atoms with Gasteiger partial charge in [-0.2, -0.15) is 0 Å². The number of carbonyl (C=O) groups is 1. The summed E-state index contributed by atoms with van der Waals surface area (Å²) < 4.78 is 0.898. The zero-order valence-corrected chi connectivity index (χ0v) is 12.8. The smallest absolute Gasteiger partial charge is 0.272 e. The molecule has 19 heavy (non-hydrogen) atoms. The molecule has 0 spiro atoms. The summed E-state index contributed by atoms with van der Waals surface area (Å²) in [7, 11) is 1.98. The average molecular weight is 326 g/mol. The molecular formula is C14H20BrN3O. The Bertz CT molecular complexity index is 413. The number of rotatable bonds is 4. The highest BCUT2D eigenvalue weighted by Gasteiger charge is 2.23. The normalized spacial score (nSPS) is 16.6. The predicted molar refractivity (Wildman–Crippen MR) is 79.1 cm³/mol. The fourth-order valence-corrected chi connectivity index (χ4v) is 2.67. The molecule has 5 heteroatoms. The Morgan fingerprint density at radius 2 is 2.21 bits per heavy atom. The molecule has 0 aliphatic carbocycles. The highest BCUT2D eigenvalue weighted by Crippen LogP contribution is 2.21. The van der Waals surface area contributed by atoms with Crippen LogP contribution >= 0.6 is 15.9 Å². The van der Waals surface area contributed by atoms with Gasteiger partial charge in [-0.15, -0.1) is 0 Å². The first kappa shape index (κ1) is 14.5. The number of pyridine rings is 1. The molecule has 2 rings (SSSR count). The third-order valence-corrected chi connectivity index (χ3v) is 4.12. The van der Waals surface area contributed by atoms with Gasteiger partial charge in [0, 0.05) is 23.8 Å². The summed E-state index contributed by atoms with van der Waals surface area (Å²) in [5.41, 5.74) is 0.539. The van der Waals surface area contributed by atoms with Crippen LogP contribution in [0.25, 0.3) is 0 Å². The lowest BCUT2D eigenvalue weighted by Gasteiger charge is -2.31. The molecular weight excluding hydrogens is 306 g/mol. The Balaban J connectivity index is 1.87. The maximum atomic E-state index is 12.3. The molecule has 1 aliphatic rings. The van der Waals surface area contributed by atoms with E-state index in [-0.39, 0.29) is 5.91 Å². The van der Waals surface area contributed by atoms with Crippen LogP contribution in [-0.4, -0.2) is 42.5 Å². The van der Waals surface area contributed by atoms with Crippen LogP contribution in [0.15, 0.2) is 22.8 Å². The lowest BCUT2D eigenvalue weighted by Crippen LogP contribution is -2.39. The van der Waals surface area contributed by atoms with E-state index >= 15 is 0 Å². The molecule has 4 nitrogen and oxygen atoms in total. The average Bonchev–Trinajstić information content (AvgIpc) is 2.46. The van der Waals surface area contributed by atoms with Crippen molar-refractivity contribution in [1.29, 1.82) is 0 Å². The minimum atomic E-state index is 0.0552. The van der Waals surface area contributed by atoms with Crippen molar-refractivity contribution in [2.24, 2.45) is 5.92 Å². The molecule has 0 atom stereocenters. The van der Waals surface area contributed by atoms with Gasteiger partial charge in [0.05, 0.1) is 0 Å². The van der Waals surface area contributed by atoms with Gasteiger partial charge < -0.3 is 10.2 Å². The second-order valence-electron chi connectivity index (χ2n) is 4.99. The van der Waals surface area contributed by atoms with Crippen LogP contribution in [0, 0.1) is 5.92 Å². The van der Waals surface area contributed by atoms with Crippen LogP contribution in [-0.2, 0) is 0 Å². The topological polar surface area (TPSA) is 45.2 Å². The van der Waals surface area contributed by atoms with Gasteiger partial charge >= 0.3 is 0 Å². The number of nitrogens with zero attached hydrogens (tertiary/aromatic N) is 2. The SMILES string of the molecule is CNCCC1CCN(C(=O)c2ccc(Br)cn2)CC1. The van der Waals surface area contributed by atoms with E-state index < -0.39 is 0 Å². The summed E-state index contributed by atoms with van der Waals surface area (Å²) >= 11 is 3.33. The van der Waals surface area contributed by atoms with Crippen molar-refractivity contribution >= 4 is 21.8 Å². The molecule has 0 radical (unpaired) electrons. The van der Waals surface area contributed by atoms with E-state index in [1.807, 2.05) is 18.0 Å². The summed E-state index contributed by atoms with van der Waals surface area (Å²) in [5.74, 6) is 0.800. The first-order chi connectivity index (χ1) is 9.20. The zero-order valence-electron chi connectivity index (χ0n) is 11.2. The Morgan fingerprint density at radius 3 is 2.79 bits per heavy atom. The Kier molecular flexibility index (Phi) is 5.34. The minimum Gasteiger partial charge on any atom is -0.337 e. The molecule has 1 aromatic heterocycles. The van der Waals surface area contributed by atoms with Crippen molar-refractivity contribution in [2.45, 2.75) is 19.3 Å². The fourth-order valence-electron chi connectivity index (χ4n) is 2.44. The van der Waals surface area contributed by atoms with Gasteiger partial charge in [-0.05, 0) is 66.8 Å². The van der Waals surface area contributed by atoms with E-state index in [2.05, 4.69) is 26.2 Å². The number of piperidine rings is 1. The lowest BCUT2D eigenvalue weighted by atomic mass is 9.93. The number of carbonyl (C=O) groups excluding carboxylic acids is 1. The summed E-state index contributed by atoms with van der Waals surface area (Å²) in [4.78, 5) is 18.4. The summed E-state index contributed by atoms with van der Waals surface area (Å²) in [5, 5.41) is 3.19. The second-order valence-corrected chi connectivity index (χ2v) is 5.91. The van der Waals surface area contributed by atoms with Crippen molar-refractivity contribution in [3.63, 3.8) is 0 Å². The van der Waals surface area contributed by atoms with E-state index in [0.717, 1.165) is 42.9 Å². The van der Waals surface area contributed by atoms with Crippen LogP contribution in [0.2, 0.25) is 0 Å². The molecule has 0 aromatic carbocycles. The molecule has 1 aromatic rings. The van der Waals surface area contributed by atoms with Crippen molar-refractivity contribution in [2.75, 3.05) is 26.7 Å². The van der Waals surface area contributed by atoms with Gasteiger partial charge in [0.2, 0.25) is 0 Å². The molecule has 0 bridgehead atoms. The van der Waals surface area contributed by atoms with Crippen molar-refractivity contribution in [3.05, 3.63) is 28.5 Å². The quantitative estimate of drug-likeness (QED) is 0.923. The van der Waals surface area contributed by atoms with Gasteiger partial charge in [-0.3, -0.25) is 4.79 Å². The van der Waals surface area contributed by atoms with E-state index in [1.165, 1.54) is 6.42 Å². The van der Waals surface area contributed by atoms with E-state index in [0.29, 0.717) is 5.69 Å². The third-order valence-electron chi connectivity index (χ3n) is 3.65. The van der Waals surface area contributed by atoms with Gasteiger partial charge in [-0.1, -0.05) is 0 Å². The van der Waals surface area contributed by atoms with E-state index in [1.54, 1.807) is 12.3 Å². The van der Waals surface area contributed by atoms with E-state index in [4.69, 9.17) is 0 Å². The summed E-state index contributed by atoms with van der Waals surface area (Å²) in [6.45, 7) is 2.77. The first-order valence-corrected chi connectivity index (χ1v) is 7.55. The molecule has 1 fully saturated rings. The Hall–Kier alpha value is -0.940. The number of nitrogens with one attached hydrogen (secondary N) is 1. The molecule has 1 saturated heterocycles. The van der Waals surface area contributed by atoms with Crippen LogP contribution in [0.4, 0.5) is 0 Å². The lowest BCUT2D eigenvalue weighted by molar-refractivity contribution is 0.0681. The maximum Gasteiger partial charge on any atom is 0.272 e. The first-order valence-electron chi connectivity index (χ1n) is 6.76. The highest BCUT2D eigenvalue weighted by atomic mass is 79.9. The fraction of sp³-hybridized carbons (Fsp3) is 0.571. The third kappa shape index (κ3) is 4.01. The van der Waals surface area contributed by atoms with Gasteiger partial charge in [-0.25, -0.2) is 4.98 Å². The summed E-state index contributed by atoms with van der Waals surface area (Å²) in [6.07, 6.45) is 5.08. The van der Waals surface area contributed by atoms with Crippen LogP contribution in [0.3, 0.4) is 0 Å². The number of likely N-dealkylation sites (tertiary alicyclic amines) is 1. The summed E-state index contributed by atoms with van der Waals surface area (Å²) in [6, 6.07) is 3.64. The van der Waals surface area contributed by atoms with Crippen LogP contribution < -0.4 is 5.32 Å². The molecule has 2 heterocycles. The molecule has 1 amide bonds. The molecule has 1 aliphatic heterocycles. The Labute approximate surface area is 122 Å². The van der Waals surface area contributed by atoms with Gasteiger partial charge in [0.25, 0.3) is 5.91 Å². The molecule has 1 N–H and O–H groups in total. The van der Waals surface area contributed by atoms with Gasteiger partial charge in [0.1, 0.15) is 5.69 Å². The second kappa shape index (κ2) is 7.01. The molecule has 104 valence electrons. The highest BCUT2D eigenvalue weighted by molar-refractivity contribution is 9.10. The zero-order chi connectivity index (χ0) is 13.7. The number of aromatic nitrogens is 1. The predicted octanol–water partition coefficient (Wildman–Crippen LogP) is 2.31. The number of hydrogen-bond donors (Lipinski definition) is 1. The largest absolute Gasteiger partial charge is 0.337 e. The number of amides is 1.